The summed E-state index contributed by atoms with van der Waals surface area (Å²) in [6.45, 7) is 0.220. The van der Waals surface area contributed by atoms with Crippen LogP contribution in [0, 0.1) is 0 Å². The zero-order chi connectivity index (χ0) is 22.2. The summed E-state index contributed by atoms with van der Waals surface area (Å²) in [4.78, 5) is 45.3. The molecule has 1 fully saturated rings. The van der Waals surface area contributed by atoms with Crippen LogP contribution in [0.25, 0.3) is 11.1 Å². The van der Waals surface area contributed by atoms with E-state index in [0.29, 0.717) is 12.1 Å². The van der Waals surface area contributed by atoms with Crippen molar-refractivity contribution in [2.24, 2.45) is 0 Å². The van der Waals surface area contributed by atoms with Gasteiger partial charge in [-0.3, -0.25) is 14.7 Å². The highest BCUT2D eigenvalue weighted by molar-refractivity contribution is 5.95. The van der Waals surface area contributed by atoms with Gasteiger partial charge in [-0.2, -0.15) is 0 Å². The molecular formula is C22H19N5O5. The number of hydrogen-bond acceptors (Lipinski definition) is 6. The number of carboxylic acid groups (broad SMARTS) is 1. The zero-order valence-electron chi connectivity index (χ0n) is 16.8. The Kier molecular flexibility index (Phi) is 4.81. The number of nitrogens with zero attached hydrogens (tertiary/aromatic N) is 4. The normalized spacial score (nSPS) is 18.8. The van der Waals surface area contributed by atoms with Crippen LogP contribution >= 0.6 is 0 Å². The SMILES string of the molecule is O=C(O)NC[C@@H]1OC(=O)N2c3ccc(-c4ccc(C(=O)Cn5ccnc5)nc4)cc3C[C@@H]12. The molecule has 0 aliphatic carbocycles. The molecule has 4 heterocycles. The van der Waals surface area contributed by atoms with E-state index in [1.807, 2.05) is 24.3 Å². The molecule has 2 amide bonds. The Morgan fingerprint density at radius 3 is 2.78 bits per heavy atom. The van der Waals surface area contributed by atoms with Crippen molar-refractivity contribution in [3.63, 3.8) is 0 Å². The molecule has 2 aliphatic rings. The maximum absolute atomic E-state index is 12.4. The fourth-order valence-corrected chi connectivity index (χ4v) is 4.18. The number of hydrogen-bond donors (Lipinski definition) is 2. The number of amides is 2. The molecule has 0 spiro atoms. The molecule has 0 unspecified atom stereocenters. The average Bonchev–Trinajstić information content (AvgIpc) is 3.49. The standard InChI is InChI=1S/C22H19N5O5/c28-19(11-26-6-5-23-12-26)16-3-1-14(9-24-16)13-2-4-17-15(7-13)8-18-20(10-25-21(29)30)32-22(31)27(17)18/h1-7,9,12,18,20,25H,8,10-11H2,(H,29,30)/t18-,20-/m0/s1. The van der Waals surface area contributed by atoms with E-state index < -0.39 is 18.3 Å². The maximum atomic E-state index is 12.4. The zero-order valence-corrected chi connectivity index (χ0v) is 16.8. The number of ether oxygens (including phenoxy) is 1. The lowest BCUT2D eigenvalue weighted by Gasteiger charge is -2.16. The Morgan fingerprint density at radius 1 is 1.22 bits per heavy atom. The molecule has 2 N–H and O–H groups in total. The number of nitrogens with one attached hydrogen (secondary N) is 1. The molecule has 1 aromatic carbocycles. The number of ketones is 1. The van der Waals surface area contributed by atoms with Gasteiger partial charge in [-0.25, -0.2) is 14.6 Å². The molecule has 5 rings (SSSR count). The van der Waals surface area contributed by atoms with E-state index in [9.17, 15) is 14.4 Å². The van der Waals surface area contributed by atoms with Gasteiger partial charge in [0.15, 0.2) is 0 Å². The van der Waals surface area contributed by atoms with Crippen molar-refractivity contribution >= 4 is 23.7 Å². The lowest BCUT2D eigenvalue weighted by atomic mass is 10.0. The van der Waals surface area contributed by atoms with Crippen LogP contribution < -0.4 is 10.2 Å². The smallest absolute Gasteiger partial charge is 0.415 e. The summed E-state index contributed by atoms with van der Waals surface area (Å²) in [6.07, 6.45) is 4.98. The van der Waals surface area contributed by atoms with Gasteiger partial charge in [-0.1, -0.05) is 12.1 Å². The van der Waals surface area contributed by atoms with Crippen molar-refractivity contribution in [3.8, 4) is 11.1 Å². The van der Waals surface area contributed by atoms with Gasteiger partial charge in [-0.05, 0) is 35.7 Å². The number of cyclic esters (lactones) is 1. The molecular weight excluding hydrogens is 414 g/mol. The Bertz CT molecular complexity index is 1190. The first kappa shape index (κ1) is 19.7. The summed E-state index contributed by atoms with van der Waals surface area (Å²) in [5.41, 5.74) is 3.89. The van der Waals surface area contributed by atoms with Gasteiger partial charge < -0.3 is 19.7 Å². The average molecular weight is 433 g/mol. The van der Waals surface area contributed by atoms with Crippen LogP contribution in [0.5, 0.6) is 0 Å². The second kappa shape index (κ2) is 7.80. The number of carbonyl (C=O) groups is 3. The van der Waals surface area contributed by atoms with Gasteiger partial charge in [0.25, 0.3) is 0 Å². The predicted molar refractivity (Wildman–Crippen MR) is 112 cm³/mol. The van der Waals surface area contributed by atoms with Crippen LogP contribution in [0.4, 0.5) is 15.3 Å². The number of pyridine rings is 1. The Hall–Kier alpha value is -4.21. The first-order chi connectivity index (χ1) is 15.5. The highest BCUT2D eigenvalue weighted by atomic mass is 16.6. The molecule has 32 heavy (non-hydrogen) atoms. The minimum Gasteiger partial charge on any atom is -0.465 e. The summed E-state index contributed by atoms with van der Waals surface area (Å²) in [7, 11) is 0. The molecule has 162 valence electrons. The van der Waals surface area contributed by atoms with E-state index in [-0.39, 0.29) is 24.9 Å². The van der Waals surface area contributed by atoms with Gasteiger partial charge >= 0.3 is 12.2 Å². The van der Waals surface area contributed by atoms with Crippen LogP contribution in [-0.4, -0.2) is 56.3 Å². The molecule has 10 nitrogen and oxygen atoms in total. The fraction of sp³-hybridized carbons (Fsp3) is 0.227. The quantitative estimate of drug-likeness (QED) is 0.571. The second-order valence-electron chi connectivity index (χ2n) is 7.68. The lowest BCUT2D eigenvalue weighted by Crippen LogP contribution is -2.40. The third-order valence-electron chi connectivity index (χ3n) is 5.70. The molecule has 0 bridgehead atoms. The van der Waals surface area contributed by atoms with E-state index in [1.54, 1.807) is 40.5 Å². The number of fused-ring (bicyclic) bond motifs is 3. The Balaban J connectivity index is 1.33. The first-order valence-electron chi connectivity index (χ1n) is 10.0. The van der Waals surface area contributed by atoms with Gasteiger partial charge in [0.1, 0.15) is 11.8 Å². The molecule has 2 aliphatic heterocycles. The molecule has 0 radical (unpaired) electrons. The third-order valence-corrected chi connectivity index (χ3v) is 5.70. The summed E-state index contributed by atoms with van der Waals surface area (Å²) < 4.78 is 7.03. The van der Waals surface area contributed by atoms with E-state index in [0.717, 1.165) is 22.4 Å². The fourth-order valence-electron chi connectivity index (χ4n) is 4.18. The van der Waals surface area contributed by atoms with E-state index >= 15 is 0 Å². The summed E-state index contributed by atoms with van der Waals surface area (Å²) in [6, 6.07) is 9.04. The molecule has 3 aromatic rings. The molecule has 0 saturated carbocycles. The number of carbonyl (C=O) groups excluding carboxylic acids is 2. The number of anilines is 1. The summed E-state index contributed by atoms with van der Waals surface area (Å²) >= 11 is 0. The van der Waals surface area contributed by atoms with Crippen molar-refractivity contribution < 1.29 is 24.2 Å². The number of aromatic nitrogens is 3. The van der Waals surface area contributed by atoms with Crippen molar-refractivity contribution in [1.29, 1.82) is 0 Å². The molecule has 1 saturated heterocycles. The molecule has 2 atom stereocenters. The van der Waals surface area contributed by atoms with Crippen LogP contribution in [0.2, 0.25) is 0 Å². The van der Waals surface area contributed by atoms with E-state index in [1.165, 1.54) is 0 Å². The Labute approximate surface area is 182 Å². The van der Waals surface area contributed by atoms with Gasteiger partial charge in [-0.15, -0.1) is 0 Å². The van der Waals surface area contributed by atoms with E-state index in [4.69, 9.17) is 9.84 Å². The number of Topliss-reactive ketones (excluding diaryl/α,β-unsaturated/α-hetero) is 1. The lowest BCUT2D eigenvalue weighted by molar-refractivity contribution is 0.0967. The maximum Gasteiger partial charge on any atom is 0.415 e. The van der Waals surface area contributed by atoms with Crippen LogP contribution in [0.3, 0.4) is 0 Å². The minimum atomic E-state index is -1.16. The van der Waals surface area contributed by atoms with Crippen LogP contribution in [0.1, 0.15) is 16.1 Å². The molecule has 10 heteroatoms. The number of imidazole rings is 1. The third kappa shape index (κ3) is 3.55. The van der Waals surface area contributed by atoms with Crippen molar-refractivity contribution in [2.45, 2.75) is 25.1 Å². The topological polar surface area (TPSA) is 127 Å². The summed E-state index contributed by atoms with van der Waals surface area (Å²) in [5, 5.41) is 11.1. The monoisotopic (exact) mass is 433 g/mol. The van der Waals surface area contributed by atoms with Crippen molar-refractivity contribution in [2.75, 3.05) is 11.4 Å². The van der Waals surface area contributed by atoms with Gasteiger partial charge in [0.05, 0.1) is 31.1 Å². The predicted octanol–water partition coefficient (Wildman–Crippen LogP) is 2.35. The number of benzene rings is 1. The van der Waals surface area contributed by atoms with Crippen molar-refractivity contribution in [3.05, 3.63) is 66.5 Å². The van der Waals surface area contributed by atoms with Gasteiger partial charge in [0, 0.05) is 24.2 Å². The van der Waals surface area contributed by atoms with Gasteiger partial charge in [0.2, 0.25) is 5.78 Å². The van der Waals surface area contributed by atoms with Crippen LogP contribution in [-0.2, 0) is 17.7 Å². The minimum absolute atomic E-state index is 0.0432. The van der Waals surface area contributed by atoms with Crippen molar-refractivity contribution in [1.82, 2.24) is 19.9 Å². The largest absolute Gasteiger partial charge is 0.465 e. The number of rotatable bonds is 6. The highest BCUT2D eigenvalue weighted by Gasteiger charge is 2.47. The summed E-state index contributed by atoms with van der Waals surface area (Å²) in [5.74, 6) is -0.108. The molecule has 2 aromatic heterocycles. The first-order valence-corrected chi connectivity index (χ1v) is 10.0. The highest BCUT2D eigenvalue weighted by Crippen LogP contribution is 2.40. The van der Waals surface area contributed by atoms with E-state index in [2.05, 4.69) is 15.3 Å². The van der Waals surface area contributed by atoms with Crippen LogP contribution in [0.15, 0.2) is 55.2 Å². The Morgan fingerprint density at radius 2 is 2.06 bits per heavy atom. The second-order valence-corrected chi connectivity index (χ2v) is 7.68.